The molecule has 30 heavy (non-hydrogen) atoms. The molecule has 3 aromatic heterocycles. The van der Waals surface area contributed by atoms with Crippen LogP contribution in [0.5, 0.6) is 5.75 Å². The van der Waals surface area contributed by atoms with E-state index in [2.05, 4.69) is 10.3 Å². The first-order chi connectivity index (χ1) is 14.5. The van der Waals surface area contributed by atoms with Gasteiger partial charge in [0.1, 0.15) is 11.3 Å². The standard InChI is InChI=1S/C21H23ClN6O2/c1-13-15(14-6-4-7-16(30-3)17(14)22)12-28-18(13)19(23-8-5-11-29)25-20(26-28)21-24-9-10-27(21)2/h4,6-7,9-10,12,29H,5,8,11H2,1-3H3,(H,23,25,26). The van der Waals surface area contributed by atoms with E-state index in [-0.39, 0.29) is 6.61 Å². The Morgan fingerprint density at radius 2 is 2.10 bits per heavy atom. The fourth-order valence-electron chi connectivity index (χ4n) is 3.46. The quantitative estimate of drug-likeness (QED) is 0.439. The molecule has 9 heteroatoms. The number of methoxy groups -OCH3 is 1. The highest BCUT2D eigenvalue weighted by molar-refractivity contribution is 6.34. The minimum atomic E-state index is 0.102. The van der Waals surface area contributed by atoms with E-state index in [4.69, 9.17) is 31.5 Å². The highest BCUT2D eigenvalue weighted by Gasteiger charge is 2.20. The topological polar surface area (TPSA) is 89.5 Å². The van der Waals surface area contributed by atoms with E-state index >= 15 is 0 Å². The van der Waals surface area contributed by atoms with E-state index in [0.717, 1.165) is 22.2 Å². The van der Waals surface area contributed by atoms with Crippen molar-refractivity contribution in [2.24, 2.45) is 7.05 Å². The number of benzene rings is 1. The molecule has 4 aromatic rings. The van der Waals surface area contributed by atoms with Crippen LogP contribution in [-0.2, 0) is 7.05 Å². The normalized spacial score (nSPS) is 11.2. The zero-order valence-electron chi connectivity index (χ0n) is 17.1. The van der Waals surface area contributed by atoms with E-state index in [9.17, 15) is 0 Å². The Balaban J connectivity index is 1.92. The van der Waals surface area contributed by atoms with Gasteiger partial charge >= 0.3 is 0 Å². The fourth-order valence-corrected chi connectivity index (χ4v) is 3.77. The van der Waals surface area contributed by atoms with Gasteiger partial charge in [-0.15, -0.1) is 5.10 Å². The van der Waals surface area contributed by atoms with Gasteiger partial charge in [-0.2, -0.15) is 0 Å². The number of fused-ring (bicyclic) bond motifs is 1. The Morgan fingerprint density at radius 3 is 2.80 bits per heavy atom. The Morgan fingerprint density at radius 1 is 1.27 bits per heavy atom. The van der Waals surface area contributed by atoms with Crippen LogP contribution in [0.3, 0.4) is 0 Å². The third-order valence-corrected chi connectivity index (χ3v) is 5.40. The maximum atomic E-state index is 9.17. The molecular weight excluding hydrogens is 404 g/mol. The van der Waals surface area contributed by atoms with Crippen LogP contribution in [-0.4, -0.2) is 49.5 Å². The molecule has 8 nitrogen and oxygen atoms in total. The van der Waals surface area contributed by atoms with Crippen molar-refractivity contribution >= 4 is 22.9 Å². The molecule has 0 bridgehead atoms. The monoisotopic (exact) mass is 426 g/mol. The van der Waals surface area contributed by atoms with Crippen molar-refractivity contribution in [2.75, 3.05) is 25.6 Å². The van der Waals surface area contributed by atoms with E-state index in [0.29, 0.717) is 41.2 Å². The lowest BCUT2D eigenvalue weighted by Crippen LogP contribution is -2.10. The smallest absolute Gasteiger partial charge is 0.218 e. The van der Waals surface area contributed by atoms with Gasteiger partial charge in [0, 0.05) is 49.9 Å². The number of nitrogens with one attached hydrogen (secondary N) is 1. The second-order valence-electron chi connectivity index (χ2n) is 6.93. The van der Waals surface area contributed by atoms with E-state index in [1.54, 1.807) is 17.8 Å². The molecule has 4 rings (SSSR count). The van der Waals surface area contributed by atoms with Gasteiger partial charge in [0.25, 0.3) is 0 Å². The molecule has 1 aromatic carbocycles. The molecule has 3 heterocycles. The lowest BCUT2D eigenvalue weighted by molar-refractivity contribution is 0.292. The maximum Gasteiger partial charge on any atom is 0.218 e. The fraction of sp³-hybridized carbons (Fsp3) is 0.286. The van der Waals surface area contributed by atoms with Crippen LogP contribution in [0.1, 0.15) is 12.0 Å². The SMILES string of the molecule is COc1cccc(-c2cn3nc(-c4nccn4C)nc(NCCCO)c3c2C)c1Cl. The van der Waals surface area contributed by atoms with Gasteiger partial charge in [-0.1, -0.05) is 23.7 Å². The number of rotatable bonds is 7. The predicted octanol–water partition coefficient (Wildman–Crippen LogP) is 3.56. The number of imidazole rings is 1. The highest BCUT2D eigenvalue weighted by Crippen LogP contribution is 2.39. The minimum Gasteiger partial charge on any atom is -0.495 e. The van der Waals surface area contributed by atoms with Crippen LogP contribution in [0.4, 0.5) is 5.82 Å². The van der Waals surface area contributed by atoms with Crippen LogP contribution < -0.4 is 10.1 Å². The first-order valence-electron chi connectivity index (χ1n) is 9.60. The summed E-state index contributed by atoms with van der Waals surface area (Å²) in [6.07, 6.45) is 6.12. The lowest BCUT2D eigenvalue weighted by atomic mass is 10.0. The number of aliphatic hydroxyl groups is 1. The first-order valence-corrected chi connectivity index (χ1v) is 9.98. The Kier molecular flexibility index (Phi) is 5.61. The summed E-state index contributed by atoms with van der Waals surface area (Å²) in [5.41, 5.74) is 3.64. The van der Waals surface area contributed by atoms with Crippen LogP contribution in [0, 0.1) is 6.92 Å². The molecule has 2 N–H and O–H groups in total. The predicted molar refractivity (Wildman–Crippen MR) is 117 cm³/mol. The molecular formula is C21H23ClN6O2. The zero-order valence-corrected chi connectivity index (χ0v) is 17.8. The molecule has 0 saturated heterocycles. The van der Waals surface area contributed by atoms with Crippen molar-refractivity contribution in [1.29, 1.82) is 0 Å². The van der Waals surface area contributed by atoms with Crippen LogP contribution in [0.2, 0.25) is 5.02 Å². The second-order valence-corrected chi connectivity index (χ2v) is 7.31. The number of hydrogen-bond acceptors (Lipinski definition) is 6. The number of nitrogens with zero attached hydrogens (tertiary/aromatic N) is 5. The highest BCUT2D eigenvalue weighted by atomic mass is 35.5. The molecule has 0 saturated carbocycles. The van der Waals surface area contributed by atoms with Crippen LogP contribution in [0.15, 0.2) is 36.8 Å². The Bertz CT molecular complexity index is 1200. The number of aromatic nitrogens is 5. The lowest BCUT2D eigenvalue weighted by Gasteiger charge is -2.10. The van der Waals surface area contributed by atoms with Crippen molar-refractivity contribution in [3.63, 3.8) is 0 Å². The van der Waals surface area contributed by atoms with Gasteiger partial charge in [-0.05, 0) is 25.0 Å². The van der Waals surface area contributed by atoms with E-state index in [1.165, 1.54) is 0 Å². The molecule has 0 fully saturated rings. The first kappa shape index (κ1) is 20.2. The zero-order chi connectivity index (χ0) is 21.3. The summed E-state index contributed by atoms with van der Waals surface area (Å²) in [5, 5.41) is 17.7. The largest absolute Gasteiger partial charge is 0.495 e. The van der Waals surface area contributed by atoms with Crippen molar-refractivity contribution in [2.45, 2.75) is 13.3 Å². The number of anilines is 1. The number of ether oxygens (including phenoxy) is 1. The molecule has 156 valence electrons. The summed E-state index contributed by atoms with van der Waals surface area (Å²) in [7, 11) is 3.50. The number of aryl methyl sites for hydroxylation is 2. The summed E-state index contributed by atoms with van der Waals surface area (Å²) >= 11 is 6.59. The van der Waals surface area contributed by atoms with Gasteiger partial charge in [0.15, 0.2) is 11.6 Å². The molecule has 0 amide bonds. The molecule has 0 aliphatic rings. The summed E-state index contributed by atoms with van der Waals surface area (Å²) < 4.78 is 9.05. The van der Waals surface area contributed by atoms with E-state index < -0.39 is 0 Å². The molecule has 0 spiro atoms. The van der Waals surface area contributed by atoms with Crippen molar-refractivity contribution in [3.8, 4) is 28.5 Å². The van der Waals surface area contributed by atoms with E-state index in [1.807, 2.05) is 49.1 Å². The molecule has 0 atom stereocenters. The average molecular weight is 427 g/mol. The molecule has 0 aliphatic heterocycles. The van der Waals surface area contributed by atoms with Gasteiger partial charge in [0.2, 0.25) is 5.82 Å². The number of hydrogen-bond donors (Lipinski definition) is 2. The van der Waals surface area contributed by atoms with Crippen LogP contribution in [0.25, 0.3) is 28.3 Å². The van der Waals surface area contributed by atoms with Crippen molar-refractivity contribution < 1.29 is 9.84 Å². The van der Waals surface area contributed by atoms with Crippen molar-refractivity contribution in [3.05, 3.63) is 47.4 Å². The maximum absolute atomic E-state index is 9.17. The van der Waals surface area contributed by atoms with Crippen molar-refractivity contribution in [1.82, 2.24) is 24.1 Å². The molecule has 0 unspecified atom stereocenters. The summed E-state index contributed by atoms with van der Waals surface area (Å²) in [4.78, 5) is 9.11. The summed E-state index contributed by atoms with van der Waals surface area (Å²) in [5.74, 6) is 2.46. The number of aliphatic hydroxyl groups excluding tert-OH is 1. The van der Waals surface area contributed by atoms with Gasteiger partial charge in [0.05, 0.1) is 12.1 Å². The molecule has 0 aliphatic carbocycles. The summed E-state index contributed by atoms with van der Waals surface area (Å²) in [6.45, 7) is 2.70. The van der Waals surface area contributed by atoms with Gasteiger partial charge in [-0.25, -0.2) is 14.5 Å². The minimum absolute atomic E-state index is 0.102. The Labute approximate surface area is 179 Å². The van der Waals surface area contributed by atoms with Gasteiger partial charge < -0.3 is 19.7 Å². The Hall–Kier alpha value is -3.10. The third-order valence-electron chi connectivity index (χ3n) is 5.01. The third kappa shape index (κ3) is 3.48. The average Bonchev–Trinajstić information content (AvgIpc) is 3.31. The van der Waals surface area contributed by atoms with Gasteiger partial charge in [-0.3, -0.25) is 0 Å². The van der Waals surface area contributed by atoms with Crippen LogP contribution >= 0.6 is 11.6 Å². The molecule has 0 radical (unpaired) electrons. The second kappa shape index (κ2) is 8.33. The number of halogens is 1. The summed E-state index contributed by atoms with van der Waals surface area (Å²) in [6, 6.07) is 5.70.